The highest BCUT2D eigenvalue weighted by Crippen LogP contribution is 2.34. The molecule has 148 valence electrons. The fourth-order valence-corrected chi connectivity index (χ4v) is 3.57. The summed E-state index contributed by atoms with van der Waals surface area (Å²) in [5.41, 5.74) is 0.853. The first kappa shape index (κ1) is 21.0. The van der Waals surface area contributed by atoms with Gasteiger partial charge < -0.3 is 15.4 Å². The molecule has 2 N–H and O–H groups in total. The molecule has 1 aromatic heterocycles. The van der Waals surface area contributed by atoms with E-state index in [1.165, 1.54) is 31.2 Å². The highest BCUT2D eigenvalue weighted by Gasteiger charge is 2.24. The number of non-ortho nitro benzene ring substituents is 1. The zero-order valence-electron chi connectivity index (χ0n) is 15.5. The SMILES string of the molecule is CCOC(=O)c1c(NCC(=O)Nc2cccc([N+](=O)[O-])c2)sc(C(C)=O)c1C. The Morgan fingerprint density at radius 1 is 1.29 bits per heavy atom. The third kappa shape index (κ3) is 4.92. The maximum Gasteiger partial charge on any atom is 0.341 e. The Labute approximate surface area is 164 Å². The minimum Gasteiger partial charge on any atom is -0.462 e. The molecule has 0 saturated carbocycles. The molecule has 0 aliphatic carbocycles. The van der Waals surface area contributed by atoms with E-state index in [1.807, 2.05) is 0 Å². The second kappa shape index (κ2) is 9.09. The van der Waals surface area contributed by atoms with Gasteiger partial charge in [0.05, 0.1) is 28.5 Å². The van der Waals surface area contributed by atoms with E-state index >= 15 is 0 Å². The molecule has 0 bridgehead atoms. The lowest BCUT2D eigenvalue weighted by atomic mass is 10.1. The molecule has 0 spiro atoms. The summed E-state index contributed by atoms with van der Waals surface area (Å²) in [6.45, 7) is 4.69. The smallest absolute Gasteiger partial charge is 0.341 e. The number of anilines is 2. The van der Waals surface area contributed by atoms with Crippen molar-refractivity contribution >= 4 is 45.4 Å². The number of thiophene rings is 1. The molecule has 0 aliphatic heterocycles. The Morgan fingerprint density at radius 2 is 2.00 bits per heavy atom. The lowest BCUT2D eigenvalue weighted by molar-refractivity contribution is -0.384. The van der Waals surface area contributed by atoms with Crippen LogP contribution in [0.2, 0.25) is 0 Å². The molecule has 9 nitrogen and oxygen atoms in total. The molecule has 1 amide bonds. The average Bonchev–Trinajstić information content (AvgIpc) is 2.97. The van der Waals surface area contributed by atoms with Crippen LogP contribution in [-0.2, 0) is 9.53 Å². The molecular weight excluding hydrogens is 386 g/mol. The van der Waals surface area contributed by atoms with Crippen LogP contribution in [0.25, 0.3) is 0 Å². The van der Waals surface area contributed by atoms with E-state index in [0.717, 1.165) is 11.3 Å². The molecule has 0 fully saturated rings. The molecule has 10 heteroatoms. The van der Waals surface area contributed by atoms with Gasteiger partial charge in [-0.3, -0.25) is 19.7 Å². The van der Waals surface area contributed by atoms with Crippen molar-refractivity contribution in [1.29, 1.82) is 0 Å². The minimum atomic E-state index is -0.578. The van der Waals surface area contributed by atoms with Crippen LogP contribution in [0.15, 0.2) is 24.3 Å². The number of esters is 1. The van der Waals surface area contributed by atoms with Gasteiger partial charge in [-0.2, -0.15) is 0 Å². The molecule has 0 saturated heterocycles. The van der Waals surface area contributed by atoms with E-state index in [-0.39, 0.29) is 35.9 Å². The zero-order valence-corrected chi connectivity index (χ0v) is 16.3. The summed E-state index contributed by atoms with van der Waals surface area (Å²) in [5, 5.41) is 16.5. The third-order valence-electron chi connectivity index (χ3n) is 3.70. The number of nitro groups is 1. The maximum absolute atomic E-state index is 12.2. The first-order valence-corrected chi connectivity index (χ1v) is 9.15. The van der Waals surface area contributed by atoms with Gasteiger partial charge in [-0.1, -0.05) is 6.07 Å². The highest BCUT2D eigenvalue weighted by molar-refractivity contribution is 7.18. The van der Waals surface area contributed by atoms with Crippen LogP contribution in [0.4, 0.5) is 16.4 Å². The second-order valence-corrected chi connectivity index (χ2v) is 6.77. The molecule has 2 aromatic rings. The third-order valence-corrected chi connectivity index (χ3v) is 5.05. The van der Waals surface area contributed by atoms with Crippen molar-refractivity contribution in [3.63, 3.8) is 0 Å². The number of nitro benzene ring substituents is 1. The van der Waals surface area contributed by atoms with E-state index in [9.17, 15) is 24.5 Å². The summed E-state index contributed by atoms with van der Waals surface area (Å²) < 4.78 is 5.03. The van der Waals surface area contributed by atoms with E-state index in [2.05, 4.69) is 10.6 Å². The number of nitrogens with zero attached hydrogens (tertiary/aromatic N) is 1. The van der Waals surface area contributed by atoms with Crippen LogP contribution in [-0.4, -0.2) is 35.7 Å². The minimum absolute atomic E-state index is 0.143. The Bertz CT molecular complexity index is 937. The van der Waals surface area contributed by atoms with Gasteiger partial charge in [0.1, 0.15) is 5.00 Å². The van der Waals surface area contributed by atoms with Crippen LogP contribution in [0.1, 0.15) is 39.4 Å². The number of amides is 1. The average molecular weight is 405 g/mol. The number of ether oxygens (including phenoxy) is 1. The van der Waals surface area contributed by atoms with E-state index in [1.54, 1.807) is 13.8 Å². The normalized spacial score (nSPS) is 10.2. The van der Waals surface area contributed by atoms with Crippen molar-refractivity contribution in [2.75, 3.05) is 23.8 Å². The number of hydrogen-bond acceptors (Lipinski definition) is 8. The quantitative estimate of drug-likeness (QED) is 0.298. The fourth-order valence-electron chi connectivity index (χ4n) is 2.49. The number of carbonyl (C=O) groups is 3. The Kier molecular flexibility index (Phi) is 6.83. The number of rotatable bonds is 8. The van der Waals surface area contributed by atoms with E-state index in [0.29, 0.717) is 15.4 Å². The summed E-state index contributed by atoms with van der Waals surface area (Å²) in [6.07, 6.45) is 0. The van der Waals surface area contributed by atoms with Crippen LogP contribution < -0.4 is 10.6 Å². The lowest BCUT2D eigenvalue weighted by Crippen LogP contribution is -2.22. The lowest BCUT2D eigenvalue weighted by Gasteiger charge is -2.09. The predicted octanol–water partition coefficient (Wildman–Crippen LogP) is 3.39. The van der Waals surface area contributed by atoms with Gasteiger partial charge in [0, 0.05) is 17.8 Å². The van der Waals surface area contributed by atoms with E-state index < -0.39 is 16.8 Å². The monoisotopic (exact) mass is 405 g/mol. The van der Waals surface area contributed by atoms with Crippen LogP contribution >= 0.6 is 11.3 Å². The Balaban J connectivity index is 2.15. The molecule has 0 aliphatic rings. The first-order chi connectivity index (χ1) is 13.2. The largest absolute Gasteiger partial charge is 0.462 e. The standard InChI is InChI=1S/C18H19N3O6S/c1-4-27-18(24)15-10(2)16(11(3)22)28-17(15)19-9-14(23)20-12-6-5-7-13(8-12)21(25)26/h5-8,19H,4,9H2,1-3H3,(H,20,23). The molecule has 0 radical (unpaired) electrons. The van der Waals surface area contributed by atoms with Crippen molar-refractivity contribution in [1.82, 2.24) is 0 Å². The van der Waals surface area contributed by atoms with Crippen molar-refractivity contribution in [2.45, 2.75) is 20.8 Å². The number of carbonyl (C=O) groups excluding carboxylic acids is 3. The number of hydrogen-bond donors (Lipinski definition) is 2. The fraction of sp³-hybridized carbons (Fsp3) is 0.278. The first-order valence-electron chi connectivity index (χ1n) is 8.34. The van der Waals surface area contributed by atoms with Crippen LogP contribution in [0.3, 0.4) is 0 Å². The van der Waals surface area contributed by atoms with E-state index in [4.69, 9.17) is 4.74 Å². The van der Waals surface area contributed by atoms with Crippen LogP contribution in [0, 0.1) is 17.0 Å². The summed E-state index contributed by atoms with van der Waals surface area (Å²) in [4.78, 5) is 46.8. The Morgan fingerprint density at radius 3 is 2.61 bits per heavy atom. The van der Waals surface area contributed by atoms with Crippen molar-refractivity contribution in [3.8, 4) is 0 Å². The molecule has 0 unspecified atom stereocenters. The number of Topliss-reactive ketones (excluding diaryl/α,β-unsaturated/α-hetero) is 1. The number of nitrogens with one attached hydrogen (secondary N) is 2. The van der Waals surface area contributed by atoms with Gasteiger partial charge in [-0.05, 0) is 32.4 Å². The summed E-state index contributed by atoms with van der Waals surface area (Å²) in [7, 11) is 0. The van der Waals surface area contributed by atoms with Gasteiger partial charge in [0.2, 0.25) is 5.91 Å². The molecule has 0 atom stereocenters. The van der Waals surface area contributed by atoms with Gasteiger partial charge in [-0.15, -0.1) is 11.3 Å². The zero-order chi connectivity index (χ0) is 20.8. The molecule has 28 heavy (non-hydrogen) atoms. The van der Waals surface area contributed by atoms with Gasteiger partial charge in [-0.25, -0.2) is 4.79 Å². The Hall–Kier alpha value is -3.27. The van der Waals surface area contributed by atoms with Crippen molar-refractivity contribution < 1.29 is 24.0 Å². The summed E-state index contributed by atoms with van der Waals surface area (Å²) in [5.74, 6) is -1.24. The highest BCUT2D eigenvalue weighted by atomic mass is 32.1. The van der Waals surface area contributed by atoms with Crippen LogP contribution in [0.5, 0.6) is 0 Å². The van der Waals surface area contributed by atoms with Crippen molar-refractivity contribution in [3.05, 3.63) is 50.4 Å². The molecule has 1 aromatic carbocycles. The number of benzene rings is 1. The number of ketones is 1. The topological polar surface area (TPSA) is 128 Å². The summed E-state index contributed by atoms with van der Waals surface area (Å²) >= 11 is 1.07. The molecular formula is C18H19N3O6S. The van der Waals surface area contributed by atoms with Gasteiger partial charge >= 0.3 is 5.97 Å². The molecule has 1 heterocycles. The summed E-state index contributed by atoms with van der Waals surface area (Å²) in [6, 6.07) is 5.54. The maximum atomic E-state index is 12.2. The molecule has 2 rings (SSSR count). The van der Waals surface area contributed by atoms with Gasteiger partial charge in [0.15, 0.2) is 5.78 Å². The second-order valence-electron chi connectivity index (χ2n) is 5.75. The van der Waals surface area contributed by atoms with Gasteiger partial charge in [0.25, 0.3) is 5.69 Å². The predicted molar refractivity (Wildman–Crippen MR) is 105 cm³/mol. The van der Waals surface area contributed by atoms with Crippen molar-refractivity contribution in [2.24, 2.45) is 0 Å².